The van der Waals surface area contributed by atoms with Gasteiger partial charge in [-0.15, -0.1) is 11.3 Å². The highest BCUT2D eigenvalue weighted by molar-refractivity contribution is 7.11. The van der Waals surface area contributed by atoms with Crippen LogP contribution in [0.15, 0.2) is 41.8 Å². The Kier molecular flexibility index (Phi) is 3.14. The van der Waals surface area contributed by atoms with Crippen LogP contribution in [0.2, 0.25) is 0 Å². The normalized spacial score (nSPS) is 16.4. The number of fused-ring (bicyclic) bond motifs is 1. The molecule has 0 radical (unpaired) electrons. The molecule has 1 aromatic heterocycles. The Bertz CT molecular complexity index is 690. The Morgan fingerprint density at radius 2 is 2.05 bits per heavy atom. The van der Waals surface area contributed by atoms with E-state index in [-0.39, 0.29) is 11.2 Å². The van der Waals surface area contributed by atoms with E-state index in [4.69, 9.17) is 0 Å². The van der Waals surface area contributed by atoms with E-state index in [0.29, 0.717) is 0 Å². The summed E-state index contributed by atoms with van der Waals surface area (Å²) in [5, 5.41) is 2.11. The summed E-state index contributed by atoms with van der Waals surface area (Å²) in [4.78, 5) is 12.9. The molecule has 0 N–H and O–H groups in total. The minimum absolute atomic E-state index is 0.0849. The monoisotopic (exact) mass is 282 g/mol. The van der Waals surface area contributed by atoms with Crippen LogP contribution in [0.25, 0.3) is 5.57 Å². The lowest BCUT2D eigenvalue weighted by atomic mass is 9.72. The van der Waals surface area contributed by atoms with Gasteiger partial charge in [-0.25, -0.2) is 0 Å². The molecule has 102 valence electrons. The Morgan fingerprint density at radius 1 is 1.25 bits per heavy atom. The van der Waals surface area contributed by atoms with Crippen molar-refractivity contribution >= 4 is 22.7 Å². The van der Waals surface area contributed by atoms with E-state index in [9.17, 15) is 4.79 Å². The fraction of sp³-hybridized carbons (Fsp3) is 0.278. The van der Waals surface area contributed by atoms with E-state index < -0.39 is 0 Å². The van der Waals surface area contributed by atoms with Crippen LogP contribution in [-0.2, 0) is 5.41 Å². The largest absolute Gasteiger partial charge is 0.295 e. The fourth-order valence-corrected chi connectivity index (χ4v) is 3.58. The third kappa shape index (κ3) is 2.14. The van der Waals surface area contributed by atoms with Crippen molar-refractivity contribution in [2.45, 2.75) is 32.6 Å². The maximum absolute atomic E-state index is 11.6. The van der Waals surface area contributed by atoms with Crippen LogP contribution < -0.4 is 0 Å². The lowest BCUT2D eigenvalue weighted by molar-refractivity contribution is 0.101. The second kappa shape index (κ2) is 4.71. The van der Waals surface area contributed by atoms with Crippen LogP contribution >= 0.6 is 11.3 Å². The predicted octanol–water partition coefficient (Wildman–Crippen LogP) is 5.06. The van der Waals surface area contributed by atoms with Crippen molar-refractivity contribution in [2.24, 2.45) is 0 Å². The molecule has 20 heavy (non-hydrogen) atoms. The molecule has 3 rings (SSSR count). The Morgan fingerprint density at radius 3 is 2.70 bits per heavy atom. The Labute approximate surface area is 124 Å². The van der Waals surface area contributed by atoms with E-state index in [1.807, 2.05) is 6.07 Å². The molecule has 0 atom stereocenters. The predicted molar refractivity (Wildman–Crippen MR) is 85.5 cm³/mol. The van der Waals surface area contributed by atoms with E-state index in [1.165, 1.54) is 21.6 Å². The molecule has 0 saturated heterocycles. The maximum Gasteiger partial charge on any atom is 0.159 e. The molecule has 0 unspecified atom stereocenters. The van der Waals surface area contributed by atoms with Crippen molar-refractivity contribution in [3.63, 3.8) is 0 Å². The molecule has 1 heterocycles. The highest BCUT2D eigenvalue weighted by Gasteiger charge is 2.29. The van der Waals surface area contributed by atoms with Crippen molar-refractivity contribution < 1.29 is 4.79 Å². The molecule has 1 aliphatic rings. The minimum atomic E-state index is 0.0849. The van der Waals surface area contributed by atoms with Gasteiger partial charge < -0.3 is 0 Å². The van der Waals surface area contributed by atoms with Crippen molar-refractivity contribution in [1.82, 2.24) is 0 Å². The number of Topliss-reactive ketones (excluding diaryl/α,β-unsaturated/α-hetero) is 1. The fourth-order valence-electron chi connectivity index (χ4n) is 2.80. The summed E-state index contributed by atoms with van der Waals surface area (Å²) in [6.07, 6.45) is 3.34. The Hall–Kier alpha value is -1.67. The summed E-state index contributed by atoms with van der Waals surface area (Å²) in [5.74, 6) is 0.135. The molecule has 0 aliphatic heterocycles. The van der Waals surface area contributed by atoms with E-state index in [0.717, 1.165) is 12.0 Å². The second-order valence-corrected chi connectivity index (χ2v) is 6.95. The first-order chi connectivity index (χ1) is 9.49. The number of allylic oxidation sites excluding steroid dienone is 1. The zero-order valence-corrected chi connectivity index (χ0v) is 12.9. The second-order valence-electron chi connectivity index (χ2n) is 6.00. The van der Waals surface area contributed by atoms with Gasteiger partial charge in [-0.05, 0) is 53.0 Å². The summed E-state index contributed by atoms with van der Waals surface area (Å²) in [7, 11) is 0. The van der Waals surface area contributed by atoms with Gasteiger partial charge in [-0.3, -0.25) is 4.79 Å². The van der Waals surface area contributed by atoms with Crippen LogP contribution in [0.5, 0.6) is 0 Å². The number of thiophene rings is 1. The molecule has 0 amide bonds. The number of hydrogen-bond acceptors (Lipinski definition) is 2. The van der Waals surface area contributed by atoms with Crippen molar-refractivity contribution in [3.8, 4) is 0 Å². The third-order valence-corrected chi connectivity index (χ3v) is 4.95. The molecule has 2 aromatic rings. The lowest BCUT2D eigenvalue weighted by Gasteiger charge is -2.32. The minimum Gasteiger partial charge on any atom is -0.295 e. The van der Waals surface area contributed by atoms with Gasteiger partial charge in [-0.2, -0.15) is 0 Å². The van der Waals surface area contributed by atoms with E-state index >= 15 is 0 Å². The summed E-state index contributed by atoms with van der Waals surface area (Å²) in [6.45, 7) is 6.13. The van der Waals surface area contributed by atoms with Crippen molar-refractivity contribution in [2.75, 3.05) is 0 Å². The van der Waals surface area contributed by atoms with Crippen LogP contribution in [0.4, 0.5) is 0 Å². The Balaban J connectivity index is 2.19. The molecule has 1 aliphatic carbocycles. The molecule has 1 aromatic carbocycles. The number of rotatable bonds is 2. The number of benzene rings is 1. The standard InChI is InChI=1S/C18H18OS/c1-12(19)13-6-7-14-15(17-5-4-10-20-17)8-9-18(2,3)16(14)11-13/h4-8,10-11H,9H2,1-3H3. The number of ketones is 1. The molecule has 0 fully saturated rings. The molecular weight excluding hydrogens is 264 g/mol. The summed E-state index contributed by atoms with van der Waals surface area (Å²) in [5.41, 5.74) is 4.76. The van der Waals surface area contributed by atoms with E-state index in [1.54, 1.807) is 18.3 Å². The van der Waals surface area contributed by atoms with Crippen LogP contribution in [0.1, 0.15) is 53.6 Å². The lowest BCUT2D eigenvalue weighted by Crippen LogP contribution is -2.22. The molecule has 0 saturated carbocycles. The number of carbonyl (C=O) groups is 1. The van der Waals surface area contributed by atoms with Gasteiger partial charge in [0, 0.05) is 10.4 Å². The first-order valence-electron chi connectivity index (χ1n) is 6.89. The molecular formula is C18H18OS. The van der Waals surface area contributed by atoms with Crippen LogP contribution in [0, 0.1) is 0 Å². The highest BCUT2D eigenvalue weighted by Crippen LogP contribution is 2.42. The van der Waals surface area contributed by atoms with E-state index in [2.05, 4.69) is 49.6 Å². The van der Waals surface area contributed by atoms with Gasteiger partial charge >= 0.3 is 0 Å². The van der Waals surface area contributed by atoms with Crippen molar-refractivity contribution in [1.29, 1.82) is 0 Å². The van der Waals surface area contributed by atoms with Crippen molar-refractivity contribution in [3.05, 3.63) is 63.4 Å². The average Bonchev–Trinajstić information content (AvgIpc) is 2.92. The zero-order valence-electron chi connectivity index (χ0n) is 12.1. The first kappa shape index (κ1) is 13.3. The van der Waals surface area contributed by atoms with Gasteiger partial charge in [-0.1, -0.05) is 38.1 Å². The number of carbonyl (C=O) groups excluding carboxylic acids is 1. The van der Waals surface area contributed by atoms with Crippen LogP contribution in [0.3, 0.4) is 0 Å². The highest BCUT2D eigenvalue weighted by atomic mass is 32.1. The maximum atomic E-state index is 11.6. The molecule has 0 spiro atoms. The SMILES string of the molecule is CC(=O)c1ccc2c(c1)C(C)(C)CC=C2c1cccs1. The average molecular weight is 282 g/mol. The quantitative estimate of drug-likeness (QED) is 0.703. The molecule has 2 heteroatoms. The van der Waals surface area contributed by atoms with Crippen LogP contribution in [-0.4, -0.2) is 5.78 Å². The van der Waals surface area contributed by atoms with Gasteiger partial charge in [0.15, 0.2) is 5.78 Å². The summed E-state index contributed by atoms with van der Waals surface area (Å²) >= 11 is 1.77. The molecule has 0 bridgehead atoms. The van der Waals surface area contributed by atoms with Gasteiger partial charge in [0.05, 0.1) is 0 Å². The van der Waals surface area contributed by atoms with Gasteiger partial charge in [0.25, 0.3) is 0 Å². The molecule has 1 nitrogen and oxygen atoms in total. The topological polar surface area (TPSA) is 17.1 Å². The first-order valence-corrected chi connectivity index (χ1v) is 7.77. The van der Waals surface area contributed by atoms with Gasteiger partial charge in [0.2, 0.25) is 0 Å². The summed E-state index contributed by atoms with van der Waals surface area (Å²) < 4.78 is 0. The third-order valence-electron chi connectivity index (χ3n) is 4.05. The smallest absolute Gasteiger partial charge is 0.159 e. The number of hydrogen-bond donors (Lipinski definition) is 0. The zero-order chi connectivity index (χ0) is 14.3. The summed E-state index contributed by atoms with van der Waals surface area (Å²) in [6, 6.07) is 10.4. The van der Waals surface area contributed by atoms with Gasteiger partial charge in [0.1, 0.15) is 0 Å².